The second-order valence-electron chi connectivity index (χ2n) is 11.3. The van der Waals surface area contributed by atoms with Gasteiger partial charge in [-0.2, -0.15) is 0 Å². The smallest absolute Gasteiger partial charge is 0.336 e. The fourth-order valence-corrected chi connectivity index (χ4v) is 4.72. The molecule has 6 N–H and O–H groups in total. The van der Waals surface area contributed by atoms with E-state index in [9.17, 15) is 94.6 Å². The molecule has 60 heavy (non-hydrogen) atoms. The van der Waals surface area contributed by atoms with Crippen LogP contribution in [-0.2, 0) is 19.6 Å². The summed E-state index contributed by atoms with van der Waals surface area (Å²) in [6.45, 7) is -5.90. The first kappa shape index (κ1) is 45.5. The number of carbonyl (C=O) groups excluding carboxylic acids is 3. The quantitative estimate of drug-likeness (QED) is 0.0715. The Labute approximate surface area is 319 Å². The zero-order chi connectivity index (χ0) is 45.1. The van der Waals surface area contributed by atoms with Gasteiger partial charge in [0.25, 0.3) is 0 Å². The summed E-state index contributed by atoms with van der Waals surface area (Å²) in [5.74, 6) is -37.3. The zero-order valence-electron chi connectivity index (χ0n) is 28.7. The molecule has 0 aliphatic heterocycles. The fraction of sp³-hybridized carbons (Fsp3) is 0.200. The van der Waals surface area contributed by atoms with E-state index in [1.807, 2.05) is 0 Å². The van der Waals surface area contributed by atoms with E-state index >= 15 is 0 Å². The predicted molar refractivity (Wildman–Crippen MR) is 169 cm³/mol. The number of hydrogen-bond donors (Lipinski definition) is 6. The third-order valence-corrected chi connectivity index (χ3v) is 7.59. The van der Waals surface area contributed by atoms with Gasteiger partial charge in [0, 0.05) is 39.3 Å². The van der Waals surface area contributed by atoms with Gasteiger partial charge in [-0.05, 0) is 0 Å². The van der Waals surface area contributed by atoms with Crippen LogP contribution in [-0.4, -0.2) is 51.4 Å². The molecule has 4 rings (SSSR count). The number of rotatable bonds is 12. The van der Waals surface area contributed by atoms with E-state index in [4.69, 9.17) is 0 Å². The van der Waals surface area contributed by atoms with Crippen molar-refractivity contribution in [2.24, 2.45) is 0 Å². The summed E-state index contributed by atoms with van der Waals surface area (Å²) >= 11 is 0. The van der Waals surface area contributed by atoms with Crippen LogP contribution in [0.5, 0.6) is 0 Å². The van der Waals surface area contributed by atoms with E-state index in [0.29, 0.717) is 0 Å². The predicted octanol–water partition coefficient (Wildman–Crippen LogP) is 3.72. The molecule has 6 amide bonds. The van der Waals surface area contributed by atoms with E-state index in [-0.39, 0.29) is 13.7 Å². The molecule has 0 bridgehead atoms. The molecule has 30 heteroatoms. The summed E-state index contributed by atoms with van der Waals surface area (Å²) < 4.78 is 205. The molecule has 0 aliphatic carbocycles. The number of halogens is 15. The van der Waals surface area contributed by atoms with Crippen molar-refractivity contribution < 1.29 is 80.2 Å². The van der Waals surface area contributed by atoms with Crippen LogP contribution >= 0.6 is 0 Å². The third kappa shape index (κ3) is 8.94. The van der Waals surface area contributed by atoms with Gasteiger partial charge in [0.05, 0.1) is 0 Å². The Hall–Kier alpha value is -7.17. The number of nitrogens with zero attached hydrogens (tertiary/aromatic N) is 3. The molecule has 1 aromatic heterocycles. The number of hydrogen-bond acceptors (Lipinski definition) is 6. The van der Waals surface area contributed by atoms with Gasteiger partial charge >= 0.3 is 35.2 Å². The summed E-state index contributed by atoms with van der Waals surface area (Å²) in [5.41, 5.74) is -10.3. The van der Waals surface area contributed by atoms with E-state index in [0.717, 1.165) is 0 Å². The fourth-order valence-electron chi connectivity index (χ4n) is 4.72. The lowest BCUT2D eigenvalue weighted by Crippen LogP contribution is -2.56. The molecule has 0 saturated heterocycles. The molecule has 4 aromatic rings. The van der Waals surface area contributed by atoms with Crippen molar-refractivity contribution in [3.8, 4) is 0 Å². The monoisotopic (exact) mass is 885 g/mol. The summed E-state index contributed by atoms with van der Waals surface area (Å²) in [4.78, 5) is 76.2. The summed E-state index contributed by atoms with van der Waals surface area (Å²) in [6.07, 6.45) is 0. The number of amides is 6. The summed E-state index contributed by atoms with van der Waals surface area (Å²) in [5, 5.41) is 9.22. The molecule has 0 radical (unpaired) electrons. The Balaban J connectivity index is 1.56. The van der Waals surface area contributed by atoms with Gasteiger partial charge in [-0.1, -0.05) is 0 Å². The van der Waals surface area contributed by atoms with Crippen LogP contribution in [0.15, 0.2) is 14.4 Å². The van der Waals surface area contributed by atoms with Gasteiger partial charge in [0.1, 0.15) is 17.1 Å². The minimum atomic E-state index is -2.57. The van der Waals surface area contributed by atoms with Crippen molar-refractivity contribution in [1.82, 2.24) is 29.7 Å². The third-order valence-electron chi connectivity index (χ3n) is 7.59. The van der Waals surface area contributed by atoms with Crippen molar-refractivity contribution >= 4 is 35.2 Å². The molecule has 1 heterocycles. The number of nitrogens with one attached hydrogen (secondary N) is 6. The lowest BCUT2D eigenvalue weighted by atomic mass is 10.2. The average molecular weight is 886 g/mol. The maximum Gasteiger partial charge on any atom is 0.336 e. The van der Waals surface area contributed by atoms with Gasteiger partial charge in [-0.25, -0.2) is 108 Å². The Bertz CT molecular complexity index is 2220. The number of anilines is 3. The van der Waals surface area contributed by atoms with E-state index < -0.39 is 179 Å². The van der Waals surface area contributed by atoms with Crippen LogP contribution in [0.3, 0.4) is 0 Å². The Morgan fingerprint density at radius 3 is 0.667 bits per heavy atom. The van der Waals surface area contributed by atoms with Gasteiger partial charge in [-0.3, -0.25) is 0 Å². The highest BCUT2D eigenvalue weighted by Gasteiger charge is 2.29. The van der Waals surface area contributed by atoms with Crippen molar-refractivity contribution in [2.45, 2.75) is 19.6 Å². The van der Waals surface area contributed by atoms with E-state index in [2.05, 4.69) is 0 Å². The molecule has 0 fully saturated rings. The molecular weight excluding hydrogens is 867 g/mol. The molecule has 0 saturated carbocycles. The van der Waals surface area contributed by atoms with Crippen molar-refractivity contribution in [1.29, 1.82) is 0 Å². The molecule has 0 aliphatic rings. The van der Waals surface area contributed by atoms with Crippen LogP contribution in [0.2, 0.25) is 0 Å². The van der Waals surface area contributed by atoms with Crippen LogP contribution in [0.1, 0.15) is 0 Å². The van der Waals surface area contributed by atoms with Gasteiger partial charge in [0.2, 0.25) is 17.5 Å². The molecular formula is C30H18F15N9O6. The standard InChI is InChI=1S/C30H18F15N9O6/c31-7-10(34)16(40)22(17(41)11(7)35)49-25(55)46-1-4-52-28(58)53(5-2-47-26(56)50-23-18(42)12(36)8(32)13(37)19(23)43)30(60)54(29(52)59)6-3-48-27(57)51-24-20(44)14(38)9(33)15(39)21(24)45/h1-6H2,(H2,46,49,55)(H2,47,50,56)(H2,48,51,57). The highest BCUT2D eigenvalue weighted by Crippen LogP contribution is 2.29. The summed E-state index contributed by atoms with van der Waals surface area (Å²) in [6, 6.07) is -5.10. The van der Waals surface area contributed by atoms with Gasteiger partial charge in [-0.15, -0.1) is 0 Å². The first-order valence-corrected chi connectivity index (χ1v) is 15.7. The second kappa shape index (κ2) is 18.2. The first-order valence-electron chi connectivity index (χ1n) is 15.7. The van der Waals surface area contributed by atoms with E-state index in [1.165, 1.54) is 16.0 Å². The molecule has 0 spiro atoms. The molecule has 0 atom stereocenters. The number of carbonyl (C=O) groups is 3. The SMILES string of the molecule is O=C(NCCn1c(=O)n(CCNC(=O)Nc2c(F)c(F)c(F)c(F)c2F)c(=O)n(CCNC(=O)Nc2c(F)c(F)c(F)c(F)c2F)c1=O)Nc1c(F)c(F)c(F)c(F)c1F. The number of benzene rings is 3. The van der Waals surface area contributed by atoms with Crippen molar-refractivity contribution in [3.63, 3.8) is 0 Å². The lowest BCUT2D eigenvalue weighted by Gasteiger charge is -2.16. The molecule has 324 valence electrons. The number of urea groups is 3. The molecule has 0 unspecified atom stereocenters. The van der Waals surface area contributed by atoms with E-state index in [1.54, 1.807) is 16.0 Å². The summed E-state index contributed by atoms with van der Waals surface area (Å²) in [7, 11) is 0. The minimum Gasteiger partial charge on any atom is -0.336 e. The highest BCUT2D eigenvalue weighted by molar-refractivity contribution is 5.90. The normalized spacial score (nSPS) is 11.1. The zero-order valence-corrected chi connectivity index (χ0v) is 28.7. The highest BCUT2D eigenvalue weighted by atomic mass is 19.2. The topological polar surface area (TPSA) is 189 Å². The van der Waals surface area contributed by atoms with Crippen LogP contribution in [0.4, 0.5) is 97.3 Å². The molecule has 15 nitrogen and oxygen atoms in total. The van der Waals surface area contributed by atoms with Crippen molar-refractivity contribution in [3.05, 3.63) is 119 Å². The first-order chi connectivity index (χ1) is 28.0. The Morgan fingerprint density at radius 1 is 0.317 bits per heavy atom. The second-order valence-corrected chi connectivity index (χ2v) is 11.3. The Kier molecular flexibility index (Phi) is 13.8. The minimum absolute atomic E-state index is 0.115. The average Bonchev–Trinajstić information content (AvgIpc) is 3.21. The lowest BCUT2D eigenvalue weighted by molar-refractivity contribution is 0.250. The van der Waals surface area contributed by atoms with Crippen LogP contribution < -0.4 is 49.0 Å². The largest absolute Gasteiger partial charge is 0.336 e. The van der Waals surface area contributed by atoms with Gasteiger partial charge in [0.15, 0.2) is 69.8 Å². The molecule has 3 aromatic carbocycles. The van der Waals surface area contributed by atoms with Crippen LogP contribution in [0.25, 0.3) is 0 Å². The number of aromatic nitrogens is 3. The maximum absolute atomic E-state index is 14.0. The van der Waals surface area contributed by atoms with Crippen molar-refractivity contribution in [2.75, 3.05) is 35.6 Å². The Morgan fingerprint density at radius 2 is 0.483 bits per heavy atom. The van der Waals surface area contributed by atoms with Crippen LogP contribution in [0, 0.1) is 87.3 Å². The van der Waals surface area contributed by atoms with Gasteiger partial charge < -0.3 is 31.9 Å². The maximum atomic E-state index is 14.0.